The standard InChI is InChI=1S/C23H24N4O3/c1-3-11-26(2)18-7-8-21-20(13-18)24-10-9-22(29)27(21)19-6-4-5-16(12-19)23-25-17(14-28)15-30-23/h4-8,10,12-13,15,28H,3,9,11,14H2,1-2H3. The highest BCUT2D eigenvalue weighted by Crippen LogP contribution is 2.39. The number of rotatable bonds is 6. The molecular formula is C23H24N4O3. The summed E-state index contributed by atoms with van der Waals surface area (Å²) in [6, 6.07) is 13.4. The number of hydrogen-bond acceptors (Lipinski definition) is 6. The molecule has 0 fully saturated rings. The minimum absolute atomic E-state index is 0.0623. The van der Waals surface area contributed by atoms with Gasteiger partial charge in [-0.3, -0.25) is 14.7 Å². The molecule has 0 atom stereocenters. The lowest BCUT2D eigenvalue weighted by molar-refractivity contribution is -0.116. The molecule has 0 bridgehead atoms. The highest BCUT2D eigenvalue weighted by Gasteiger charge is 2.23. The first kappa shape index (κ1) is 19.8. The highest BCUT2D eigenvalue weighted by atomic mass is 16.3. The number of benzene rings is 2. The van der Waals surface area contributed by atoms with Crippen LogP contribution in [-0.4, -0.2) is 35.8 Å². The Morgan fingerprint density at radius 1 is 1.23 bits per heavy atom. The van der Waals surface area contributed by atoms with E-state index in [0.717, 1.165) is 35.6 Å². The van der Waals surface area contributed by atoms with Crippen molar-refractivity contribution in [3.8, 4) is 11.5 Å². The molecule has 0 saturated heterocycles. The van der Waals surface area contributed by atoms with Crippen LogP contribution in [0.5, 0.6) is 0 Å². The van der Waals surface area contributed by atoms with Gasteiger partial charge in [-0.25, -0.2) is 4.98 Å². The Kier molecular flexibility index (Phi) is 5.63. The number of aromatic nitrogens is 1. The number of hydrogen-bond donors (Lipinski definition) is 1. The topological polar surface area (TPSA) is 82.2 Å². The maximum atomic E-state index is 12.9. The predicted octanol–water partition coefficient (Wildman–Crippen LogP) is 4.45. The van der Waals surface area contributed by atoms with Gasteiger partial charge in [0.15, 0.2) is 0 Å². The van der Waals surface area contributed by atoms with Crippen molar-refractivity contribution in [1.29, 1.82) is 0 Å². The lowest BCUT2D eigenvalue weighted by atomic mass is 10.1. The average molecular weight is 404 g/mol. The summed E-state index contributed by atoms with van der Waals surface area (Å²) in [5.41, 5.74) is 4.46. The molecule has 7 nitrogen and oxygen atoms in total. The maximum absolute atomic E-state index is 12.9. The molecule has 1 N–H and O–H groups in total. The third-order valence-corrected chi connectivity index (χ3v) is 5.01. The van der Waals surface area contributed by atoms with Crippen molar-refractivity contribution in [3.05, 3.63) is 54.4 Å². The molecule has 7 heteroatoms. The smallest absolute Gasteiger partial charge is 0.236 e. The Balaban J connectivity index is 1.74. The second-order valence-corrected chi connectivity index (χ2v) is 7.19. The van der Waals surface area contributed by atoms with E-state index in [9.17, 15) is 9.90 Å². The summed E-state index contributed by atoms with van der Waals surface area (Å²) in [7, 11) is 2.05. The molecule has 0 radical (unpaired) electrons. The molecule has 3 aromatic rings. The van der Waals surface area contributed by atoms with Gasteiger partial charge in [0.1, 0.15) is 12.0 Å². The van der Waals surface area contributed by atoms with E-state index >= 15 is 0 Å². The fourth-order valence-electron chi connectivity index (χ4n) is 3.53. The fourth-order valence-corrected chi connectivity index (χ4v) is 3.53. The number of aliphatic hydroxyl groups is 1. The van der Waals surface area contributed by atoms with Crippen LogP contribution in [0, 0.1) is 0 Å². The normalized spacial score (nSPS) is 13.3. The van der Waals surface area contributed by atoms with Crippen LogP contribution >= 0.6 is 0 Å². The minimum atomic E-state index is -0.187. The molecule has 0 saturated carbocycles. The van der Waals surface area contributed by atoms with Crippen LogP contribution < -0.4 is 9.80 Å². The molecule has 0 aliphatic carbocycles. The van der Waals surface area contributed by atoms with Gasteiger partial charge in [-0.05, 0) is 42.8 Å². The summed E-state index contributed by atoms with van der Waals surface area (Å²) in [5, 5.41) is 9.23. The monoisotopic (exact) mass is 404 g/mol. The molecule has 2 aromatic carbocycles. The Labute approximate surface area is 175 Å². The molecule has 2 heterocycles. The van der Waals surface area contributed by atoms with E-state index < -0.39 is 0 Å². The van der Waals surface area contributed by atoms with Gasteiger partial charge in [0.05, 0.1) is 24.4 Å². The zero-order valence-electron chi connectivity index (χ0n) is 17.1. The van der Waals surface area contributed by atoms with E-state index in [1.165, 1.54) is 6.26 Å². The molecule has 4 rings (SSSR count). The Morgan fingerprint density at radius 3 is 2.87 bits per heavy atom. The molecule has 1 aliphatic heterocycles. The summed E-state index contributed by atoms with van der Waals surface area (Å²) < 4.78 is 5.47. The van der Waals surface area contributed by atoms with Gasteiger partial charge < -0.3 is 14.4 Å². The van der Waals surface area contributed by atoms with Gasteiger partial charge in [-0.2, -0.15) is 0 Å². The molecule has 1 aliphatic rings. The van der Waals surface area contributed by atoms with Crippen LogP contribution in [0.2, 0.25) is 0 Å². The van der Waals surface area contributed by atoms with E-state index in [2.05, 4.69) is 28.8 Å². The second kappa shape index (κ2) is 8.51. The summed E-state index contributed by atoms with van der Waals surface area (Å²) in [6.07, 6.45) is 4.35. The minimum Gasteiger partial charge on any atom is -0.444 e. The van der Waals surface area contributed by atoms with Crippen molar-refractivity contribution >= 4 is 34.9 Å². The SMILES string of the molecule is CCCN(C)c1ccc2c(c1)N=CCC(=O)N2c1cccc(-c2nc(CO)co2)c1. The van der Waals surface area contributed by atoms with Gasteiger partial charge in [0.25, 0.3) is 0 Å². The lowest BCUT2D eigenvalue weighted by Gasteiger charge is -2.25. The number of aliphatic imine (C=N–C) groups is 1. The number of carbonyl (C=O) groups excluding carboxylic acids is 1. The average Bonchev–Trinajstić information content (AvgIpc) is 3.18. The third-order valence-electron chi connectivity index (χ3n) is 5.01. The van der Waals surface area contributed by atoms with Gasteiger partial charge in [-0.15, -0.1) is 0 Å². The van der Waals surface area contributed by atoms with Crippen LogP contribution in [0.1, 0.15) is 25.5 Å². The van der Waals surface area contributed by atoms with Crippen molar-refractivity contribution in [2.75, 3.05) is 23.4 Å². The van der Waals surface area contributed by atoms with E-state index in [-0.39, 0.29) is 18.9 Å². The quantitative estimate of drug-likeness (QED) is 0.656. The highest BCUT2D eigenvalue weighted by molar-refractivity contribution is 6.10. The van der Waals surface area contributed by atoms with Crippen molar-refractivity contribution in [2.45, 2.75) is 26.4 Å². The van der Waals surface area contributed by atoms with Crippen LogP contribution in [0.25, 0.3) is 11.5 Å². The third kappa shape index (κ3) is 3.84. The second-order valence-electron chi connectivity index (χ2n) is 7.19. The van der Waals surface area contributed by atoms with Crippen LogP contribution in [0.4, 0.5) is 22.7 Å². The first-order valence-electron chi connectivity index (χ1n) is 9.97. The Morgan fingerprint density at radius 2 is 2.10 bits per heavy atom. The first-order chi connectivity index (χ1) is 14.6. The summed E-state index contributed by atoms with van der Waals surface area (Å²) >= 11 is 0. The molecular weight excluding hydrogens is 380 g/mol. The molecule has 1 aromatic heterocycles. The molecule has 0 unspecified atom stereocenters. The van der Waals surface area contributed by atoms with Crippen LogP contribution in [-0.2, 0) is 11.4 Å². The van der Waals surface area contributed by atoms with Crippen LogP contribution in [0.15, 0.2) is 58.1 Å². The number of oxazole rings is 1. The number of amides is 1. The van der Waals surface area contributed by atoms with Gasteiger partial charge in [-0.1, -0.05) is 13.0 Å². The summed E-state index contributed by atoms with van der Waals surface area (Å²) in [5.74, 6) is 0.337. The summed E-state index contributed by atoms with van der Waals surface area (Å²) in [4.78, 5) is 25.6. The number of nitrogens with zero attached hydrogens (tertiary/aromatic N) is 4. The fraction of sp³-hybridized carbons (Fsp3) is 0.261. The number of anilines is 3. The number of fused-ring (bicyclic) bond motifs is 1. The Hall–Kier alpha value is -3.45. The van der Waals surface area contributed by atoms with E-state index in [1.54, 1.807) is 11.1 Å². The maximum Gasteiger partial charge on any atom is 0.236 e. The number of carbonyl (C=O) groups is 1. The van der Waals surface area contributed by atoms with Crippen molar-refractivity contribution < 1.29 is 14.3 Å². The van der Waals surface area contributed by atoms with Gasteiger partial charge in [0, 0.05) is 36.7 Å². The van der Waals surface area contributed by atoms with Gasteiger partial charge >= 0.3 is 0 Å². The van der Waals surface area contributed by atoms with Crippen molar-refractivity contribution in [2.24, 2.45) is 4.99 Å². The first-order valence-corrected chi connectivity index (χ1v) is 9.97. The predicted molar refractivity (Wildman–Crippen MR) is 118 cm³/mol. The van der Waals surface area contributed by atoms with E-state index in [4.69, 9.17) is 4.42 Å². The number of aliphatic hydroxyl groups excluding tert-OH is 1. The lowest BCUT2D eigenvalue weighted by Crippen LogP contribution is -2.25. The van der Waals surface area contributed by atoms with Crippen molar-refractivity contribution in [3.63, 3.8) is 0 Å². The zero-order chi connectivity index (χ0) is 21.1. The van der Waals surface area contributed by atoms with Gasteiger partial charge in [0.2, 0.25) is 11.8 Å². The zero-order valence-corrected chi connectivity index (χ0v) is 17.1. The van der Waals surface area contributed by atoms with Crippen molar-refractivity contribution in [1.82, 2.24) is 4.98 Å². The van der Waals surface area contributed by atoms with Crippen LogP contribution in [0.3, 0.4) is 0 Å². The molecule has 30 heavy (non-hydrogen) atoms. The van der Waals surface area contributed by atoms with E-state index in [0.29, 0.717) is 17.3 Å². The van der Waals surface area contributed by atoms with E-state index in [1.807, 2.05) is 42.5 Å². The largest absolute Gasteiger partial charge is 0.444 e. The molecule has 0 spiro atoms. The molecule has 1 amide bonds. The summed E-state index contributed by atoms with van der Waals surface area (Å²) in [6.45, 7) is 2.90. The Bertz CT molecular complexity index is 1090. The molecule has 154 valence electrons.